The van der Waals surface area contributed by atoms with Crippen molar-refractivity contribution in [2.45, 2.75) is 45.1 Å². The molecule has 0 aromatic heterocycles. The minimum Gasteiger partial charge on any atom is -0.496 e. The van der Waals surface area contributed by atoms with Gasteiger partial charge in [0.25, 0.3) is 0 Å². The summed E-state index contributed by atoms with van der Waals surface area (Å²) >= 11 is 6.13. The Hall–Kier alpha value is -0.730. The minimum absolute atomic E-state index is 0.214. The van der Waals surface area contributed by atoms with E-state index in [0.717, 1.165) is 23.7 Å². The van der Waals surface area contributed by atoms with E-state index in [0.29, 0.717) is 5.92 Å². The highest BCUT2D eigenvalue weighted by Crippen LogP contribution is 2.34. The van der Waals surface area contributed by atoms with Gasteiger partial charge in [0, 0.05) is 10.6 Å². The van der Waals surface area contributed by atoms with Gasteiger partial charge in [-0.2, -0.15) is 0 Å². The van der Waals surface area contributed by atoms with E-state index < -0.39 is 0 Å². The molecule has 1 N–H and O–H groups in total. The number of hydrogen-bond acceptors (Lipinski definition) is 2. The van der Waals surface area contributed by atoms with Crippen molar-refractivity contribution >= 4 is 11.6 Å². The molecule has 0 saturated carbocycles. The van der Waals surface area contributed by atoms with E-state index in [4.69, 9.17) is 16.3 Å². The van der Waals surface area contributed by atoms with Crippen molar-refractivity contribution in [2.75, 3.05) is 13.7 Å². The molecule has 2 rings (SSSR count). The standard InChI is InChI=1S/C16H24ClNO/c1-12(2)10-16(7-4-8-18-16)11-13-9-14(17)5-6-15(13)19-3/h5-6,9,12,18H,4,7-8,10-11H2,1-3H3. The van der Waals surface area contributed by atoms with E-state index in [1.165, 1.54) is 24.8 Å². The first-order valence-electron chi connectivity index (χ1n) is 7.12. The van der Waals surface area contributed by atoms with E-state index >= 15 is 0 Å². The van der Waals surface area contributed by atoms with Crippen molar-refractivity contribution in [1.29, 1.82) is 0 Å². The molecule has 1 aliphatic rings. The summed E-state index contributed by atoms with van der Waals surface area (Å²) in [4.78, 5) is 0. The molecule has 0 radical (unpaired) electrons. The van der Waals surface area contributed by atoms with Gasteiger partial charge in [-0.25, -0.2) is 0 Å². The van der Waals surface area contributed by atoms with Crippen LogP contribution in [0, 0.1) is 5.92 Å². The monoisotopic (exact) mass is 281 g/mol. The zero-order valence-electron chi connectivity index (χ0n) is 12.1. The molecule has 1 aliphatic heterocycles. The summed E-state index contributed by atoms with van der Waals surface area (Å²) in [7, 11) is 1.73. The summed E-state index contributed by atoms with van der Waals surface area (Å²) in [5.41, 5.74) is 1.43. The average molecular weight is 282 g/mol. The van der Waals surface area contributed by atoms with Crippen LogP contribution in [-0.2, 0) is 6.42 Å². The van der Waals surface area contributed by atoms with Crippen molar-refractivity contribution in [3.05, 3.63) is 28.8 Å². The molecule has 1 atom stereocenters. The number of nitrogens with one attached hydrogen (secondary N) is 1. The summed E-state index contributed by atoms with van der Waals surface area (Å²) < 4.78 is 5.47. The second-order valence-corrected chi connectivity index (χ2v) is 6.48. The number of benzene rings is 1. The molecule has 0 aliphatic carbocycles. The first-order valence-corrected chi connectivity index (χ1v) is 7.50. The molecule has 1 aromatic rings. The highest BCUT2D eigenvalue weighted by atomic mass is 35.5. The van der Waals surface area contributed by atoms with Crippen LogP contribution in [-0.4, -0.2) is 19.2 Å². The minimum atomic E-state index is 0.214. The third kappa shape index (κ3) is 3.64. The first kappa shape index (κ1) is 14.7. The lowest BCUT2D eigenvalue weighted by Crippen LogP contribution is -2.43. The molecular weight excluding hydrogens is 258 g/mol. The Bertz CT molecular complexity index is 425. The largest absolute Gasteiger partial charge is 0.496 e. The Morgan fingerprint density at radius 1 is 1.42 bits per heavy atom. The number of halogens is 1. The van der Waals surface area contributed by atoms with E-state index in [1.54, 1.807) is 7.11 Å². The van der Waals surface area contributed by atoms with Gasteiger partial charge in [0.05, 0.1) is 7.11 Å². The first-order chi connectivity index (χ1) is 9.04. The molecule has 0 spiro atoms. The van der Waals surface area contributed by atoms with Gasteiger partial charge in [0.2, 0.25) is 0 Å². The van der Waals surface area contributed by atoms with Gasteiger partial charge in [-0.3, -0.25) is 0 Å². The summed E-state index contributed by atoms with van der Waals surface area (Å²) in [6.07, 6.45) is 4.69. The molecule has 0 bridgehead atoms. The second-order valence-electron chi connectivity index (χ2n) is 6.04. The summed E-state index contributed by atoms with van der Waals surface area (Å²) in [5.74, 6) is 1.64. The SMILES string of the molecule is COc1ccc(Cl)cc1CC1(CC(C)C)CCCN1. The van der Waals surface area contributed by atoms with Crippen molar-refractivity contribution in [3.63, 3.8) is 0 Å². The molecule has 1 fully saturated rings. The molecule has 19 heavy (non-hydrogen) atoms. The topological polar surface area (TPSA) is 21.3 Å². The summed E-state index contributed by atoms with van der Waals surface area (Å²) in [5, 5.41) is 4.51. The van der Waals surface area contributed by atoms with Crippen LogP contribution in [0.15, 0.2) is 18.2 Å². The Balaban J connectivity index is 2.24. The van der Waals surface area contributed by atoms with Gasteiger partial charge in [-0.05, 0) is 61.9 Å². The van der Waals surface area contributed by atoms with Crippen molar-refractivity contribution in [2.24, 2.45) is 5.92 Å². The van der Waals surface area contributed by atoms with Crippen LogP contribution >= 0.6 is 11.6 Å². The average Bonchev–Trinajstić information content (AvgIpc) is 2.76. The molecule has 1 heterocycles. The quantitative estimate of drug-likeness (QED) is 0.879. The van der Waals surface area contributed by atoms with Crippen LogP contribution in [0.25, 0.3) is 0 Å². The predicted octanol–water partition coefficient (Wildman–Crippen LogP) is 4.06. The van der Waals surface area contributed by atoms with Gasteiger partial charge in [0.15, 0.2) is 0 Å². The lowest BCUT2D eigenvalue weighted by molar-refractivity contribution is 0.297. The Kier molecular flexibility index (Phi) is 4.75. The van der Waals surface area contributed by atoms with E-state index in [1.807, 2.05) is 18.2 Å². The lowest BCUT2D eigenvalue weighted by atomic mass is 9.82. The third-order valence-corrected chi connectivity index (χ3v) is 4.14. The predicted molar refractivity (Wildman–Crippen MR) is 81.1 cm³/mol. The third-order valence-electron chi connectivity index (χ3n) is 3.90. The lowest BCUT2D eigenvalue weighted by Gasteiger charge is -2.32. The molecular formula is C16H24ClNO. The van der Waals surface area contributed by atoms with Gasteiger partial charge in [0.1, 0.15) is 5.75 Å². The number of ether oxygens (including phenoxy) is 1. The molecule has 1 saturated heterocycles. The fourth-order valence-corrected chi connectivity index (χ4v) is 3.49. The van der Waals surface area contributed by atoms with Crippen molar-refractivity contribution in [1.82, 2.24) is 5.32 Å². The van der Waals surface area contributed by atoms with Gasteiger partial charge < -0.3 is 10.1 Å². The Morgan fingerprint density at radius 2 is 2.21 bits per heavy atom. The highest BCUT2D eigenvalue weighted by molar-refractivity contribution is 6.30. The van der Waals surface area contributed by atoms with E-state index in [9.17, 15) is 0 Å². The maximum Gasteiger partial charge on any atom is 0.122 e. The second kappa shape index (κ2) is 6.15. The maximum absolute atomic E-state index is 6.13. The molecule has 3 heteroatoms. The van der Waals surface area contributed by atoms with Gasteiger partial charge in [-0.15, -0.1) is 0 Å². The Morgan fingerprint density at radius 3 is 2.79 bits per heavy atom. The molecule has 1 aromatic carbocycles. The summed E-state index contributed by atoms with van der Waals surface area (Å²) in [6.45, 7) is 5.70. The van der Waals surface area contributed by atoms with Crippen LogP contribution in [0.4, 0.5) is 0 Å². The van der Waals surface area contributed by atoms with Gasteiger partial charge in [-0.1, -0.05) is 25.4 Å². The maximum atomic E-state index is 6.13. The zero-order chi connectivity index (χ0) is 13.9. The van der Waals surface area contributed by atoms with Gasteiger partial charge >= 0.3 is 0 Å². The molecule has 0 amide bonds. The number of hydrogen-bond donors (Lipinski definition) is 1. The molecule has 2 nitrogen and oxygen atoms in total. The fourth-order valence-electron chi connectivity index (χ4n) is 3.30. The van der Waals surface area contributed by atoms with Crippen LogP contribution in [0.3, 0.4) is 0 Å². The molecule has 1 unspecified atom stereocenters. The van der Waals surface area contributed by atoms with Crippen LogP contribution in [0.5, 0.6) is 5.75 Å². The van der Waals surface area contributed by atoms with E-state index in [2.05, 4.69) is 19.2 Å². The zero-order valence-corrected chi connectivity index (χ0v) is 12.9. The highest BCUT2D eigenvalue weighted by Gasteiger charge is 2.34. The smallest absolute Gasteiger partial charge is 0.122 e. The van der Waals surface area contributed by atoms with Crippen LogP contribution in [0.2, 0.25) is 5.02 Å². The number of methoxy groups -OCH3 is 1. The van der Waals surface area contributed by atoms with Crippen LogP contribution in [0.1, 0.15) is 38.7 Å². The Labute approximate surface area is 121 Å². The van der Waals surface area contributed by atoms with Crippen molar-refractivity contribution < 1.29 is 4.74 Å². The fraction of sp³-hybridized carbons (Fsp3) is 0.625. The summed E-state index contributed by atoms with van der Waals surface area (Å²) in [6, 6.07) is 5.90. The van der Waals surface area contributed by atoms with Crippen LogP contribution < -0.4 is 10.1 Å². The molecule has 106 valence electrons. The van der Waals surface area contributed by atoms with E-state index in [-0.39, 0.29) is 5.54 Å². The number of rotatable bonds is 5. The van der Waals surface area contributed by atoms with Crippen molar-refractivity contribution in [3.8, 4) is 5.75 Å². The normalized spacial score (nSPS) is 23.0.